The van der Waals surface area contributed by atoms with E-state index in [0.717, 1.165) is 42.4 Å². The van der Waals surface area contributed by atoms with Crippen LogP contribution < -0.4 is 10.2 Å². The summed E-state index contributed by atoms with van der Waals surface area (Å²) in [6.07, 6.45) is 6.31. The summed E-state index contributed by atoms with van der Waals surface area (Å²) >= 11 is 1.55. The van der Waals surface area contributed by atoms with Crippen LogP contribution in [0.3, 0.4) is 0 Å². The third-order valence-electron chi connectivity index (χ3n) is 3.93. The summed E-state index contributed by atoms with van der Waals surface area (Å²) in [5, 5.41) is 4.83. The highest BCUT2D eigenvalue weighted by atomic mass is 32.1. The lowest BCUT2D eigenvalue weighted by Gasteiger charge is -2.32. The van der Waals surface area contributed by atoms with E-state index in [1.807, 2.05) is 0 Å². The zero-order chi connectivity index (χ0) is 12.4. The second kappa shape index (κ2) is 5.53. The van der Waals surface area contributed by atoms with Crippen molar-refractivity contribution in [2.45, 2.75) is 45.1 Å². The average molecular weight is 266 g/mol. The Hall–Kier alpha value is -0.680. The maximum Gasteiger partial charge on any atom is 0.205 e. The standard InChI is InChI=1S/C13H22N4S/c1-2-12-15-13(18-16-12)17-7-5-11(6-8-17)14-9-10-3-4-10/h10-11,14H,2-9H2,1H3. The molecule has 18 heavy (non-hydrogen) atoms. The van der Waals surface area contributed by atoms with Crippen LogP contribution in [0, 0.1) is 5.92 Å². The molecule has 2 heterocycles. The van der Waals surface area contributed by atoms with Gasteiger partial charge in [0.1, 0.15) is 5.82 Å². The highest BCUT2D eigenvalue weighted by molar-refractivity contribution is 7.09. The Bertz CT molecular complexity index is 380. The summed E-state index contributed by atoms with van der Waals surface area (Å²) in [5.41, 5.74) is 0. The van der Waals surface area contributed by atoms with E-state index in [1.165, 1.54) is 32.2 Å². The highest BCUT2D eigenvalue weighted by Gasteiger charge is 2.25. The van der Waals surface area contributed by atoms with Gasteiger partial charge in [0.15, 0.2) is 0 Å². The monoisotopic (exact) mass is 266 g/mol. The number of anilines is 1. The molecule has 1 saturated heterocycles. The van der Waals surface area contributed by atoms with Crippen molar-refractivity contribution in [2.75, 3.05) is 24.5 Å². The molecule has 2 aliphatic rings. The summed E-state index contributed by atoms with van der Waals surface area (Å²) < 4.78 is 4.37. The van der Waals surface area contributed by atoms with Crippen molar-refractivity contribution in [3.8, 4) is 0 Å². The molecule has 0 atom stereocenters. The molecule has 0 bridgehead atoms. The van der Waals surface area contributed by atoms with Crippen molar-refractivity contribution in [1.29, 1.82) is 0 Å². The average Bonchev–Trinajstić information content (AvgIpc) is 3.12. The van der Waals surface area contributed by atoms with E-state index < -0.39 is 0 Å². The van der Waals surface area contributed by atoms with E-state index in [2.05, 4.69) is 26.5 Å². The van der Waals surface area contributed by atoms with E-state index in [1.54, 1.807) is 11.5 Å². The minimum atomic E-state index is 0.723. The van der Waals surface area contributed by atoms with Gasteiger partial charge in [0.25, 0.3) is 0 Å². The molecule has 0 unspecified atom stereocenters. The maximum absolute atomic E-state index is 4.57. The molecule has 100 valence electrons. The molecule has 0 spiro atoms. The molecule has 1 aliphatic carbocycles. The van der Waals surface area contributed by atoms with Crippen LogP contribution >= 0.6 is 11.5 Å². The van der Waals surface area contributed by atoms with Gasteiger partial charge in [-0.3, -0.25) is 0 Å². The van der Waals surface area contributed by atoms with Gasteiger partial charge in [0.05, 0.1) is 0 Å². The molecule has 2 fully saturated rings. The van der Waals surface area contributed by atoms with Gasteiger partial charge in [0.2, 0.25) is 5.13 Å². The molecule has 1 N–H and O–H groups in total. The fourth-order valence-corrected chi connectivity index (χ4v) is 3.25. The zero-order valence-corrected chi connectivity index (χ0v) is 11.9. The van der Waals surface area contributed by atoms with Gasteiger partial charge in [-0.1, -0.05) is 6.92 Å². The van der Waals surface area contributed by atoms with Crippen molar-refractivity contribution < 1.29 is 0 Å². The Morgan fingerprint density at radius 3 is 2.67 bits per heavy atom. The first kappa shape index (κ1) is 12.4. The Morgan fingerprint density at radius 2 is 2.06 bits per heavy atom. The smallest absolute Gasteiger partial charge is 0.205 e. The summed E-state index contributed by atoms with van der Waals surface area (Å²) in [7, 11) is 0. The number of hydrogen-bond acceptors (Lipinski definition) is 5. The summed E-state index contributed by atoms with van der Waals surface area (Å²) in [6, 6.07) is 0.723. The molecule has 4 nitrogen and oxygen atoms in total. The van der Waals surface area contributed by atoms with Crippen LogP contribution in [0.25, 0.3) is 0 Å². The number of rotatable bonds is 5. The molecule has 1 aliphatic heterocycles. The van der Waals surface area contributed by atoms with Crippen molar-refractivity contribution in [3.05, 3.63) is 5.82 Å². The molecule has 0 aromatic carbocycles. The van der Waals surface area contributed by atoms with Gasteiger partial charge in [-0.25, -0.2) is 4.98 Å². The number of aromatic nitrogens is 2. The minimum Gasteiger partial charge on any atom is -0.347 e. The molecule has 5 heteroatoms. The van der Waals surface area contributed by atoms with Gasteiger partial charge >= 0.3 is 0 Å². The summed E-state index contributed by atoms with van der Waals surface area (Å²) in [4.78, 5) is 6.97. The van der Waals surface area contributed by atoms with Gasteiger partial charge in [-0.15, -0.1) is 0 Å². The number of nitrogens with one attached hydrogen (secondary N) is 1. The Balaban J connectivity index is 1.46. The molecular formula is C13H22N4S. The molecule has 1 saturated carbocycles. The first-order chi connectivity index (χ1) is 8.85. The summed E-state index contributed by atoms with van der Waals surface area (Å²) in [5.74, 6) is 1.97. The normalized spacial score (nSPS) is 21.5. The highest BCUT2D eigenvalue weighted by Crippen LogP contribution is 2.28. The number of aryl methyl sites for hydroxylation is 1. The second-order valence-corrected chi connectivity index (χ2v) is 6.19. The van der Waals surface area contributed by atoms with Crippen LogP contribution in [0.2, 0.25) is 0 Å². The van der Waals surface area contributed by atoms with Gasteiger partial charge in [-0.05, 0) is 38.1 Å². The fraction of sp³-hybridized carbons (Fsp3) is 0.846. The number of hydrogen-bond donors (Lipinski definition) is 1. The van der Waals surface area contributed by atoms with Crippen LogP contribution in [0.15, 0.2) is 0 Å². The van der Waals surface area contributed by atoms with E-state index in [9.17, 15) is 0 Å². The van der Waals surface area contributed by atoms with E-state index in [-0.39, 0.29) is 0 Å². The zero-order valence-electron chi connectivity index (χ0n) is 11.1. The largest absolute Gasteiger partial charge is 0.347 e. The van der Waals surface area contributed by atoms with Crippen molar-refractivity contribution >= 4 is 16.7 Å². The van der Waals surface area contributed by atoms with Gasteiger partial charge in [0, 0.05) is 37.1 Å². The minimum absolute atomic E-state index is 0.723. The van der Waals surface area contributed by atoms with Crippen LogP contribution in [-0.2, 0) is 6.42 Å². The van der Waals surface area contributed by atoms with Crippen molar-refractivity contribution in [3.63, 3.8) is 0 Å². The third-order valence-corrected chi connectivity index (χ3v) is 4.75. The molecule has 0 amide bonds. The second-order valence-electron chi connectivity index (χ2n) is 5.46. The third kappa shape index (κ3) is 3.01. The van der Waals surface area contributed by atoms with Crippen molar-refractivity contribution in [2.24, 2.45) is 5.92 Å². The van der Waals surface area contributed by atoms with Crippen molar-refractivity contribution in [1.82, 2.24) is 14.7 Å². The lowest BCUT2D eigenvalue weighted by molar-refractivity contribution is 0.408. The maximum atomic E-state index is 4.57. The summed E-state index contributed by atoms with van der Waals surface area (Å²) in [6.45, 7) is 5.60. The molecule has 3 rings (SSSR count). The Morgan fingerprint density at radius 1 is 1.28 bits per heavy atom. The van der Waals surface area contributed by atoms with E-state index >= 15 is 0 Å². The SMILES string of the molecule is CCc1nsc(N2CCC(NCC3CC3)CC2)n1. The van der Waals surface area contributed by atoms with Crippen LogP contribution in [-0.4, -0.2) is 35.0 Å². The predicted molar refractivity (Wildman–Crippen MR) is 75.2 cm³/mol. The predicted octanol–water partition coefficient (Wildman–Crippen LogP) is 2.07. The lowest BCUT2D eigenvalue weighted by Crippen LogP contribution is -2.43. The van der Waals surface area contributed by atoms with Gasteiger partial charge in [-0.2, -0.15) is 4.37 Å². The Kier molecular flexibility index (Phi) is 3.80. The molecule has 1 aromatic rings. The number of piperidine rings is 1. The molecule has 0 radical (unpaired) electrons. The first-order valence-electron chi connectivity index (χ1n) is 7.16. The quantitative estimate of drug-likeness (QED) is 0.886. The number of nitrogens with zero attached hydrogens (tertiary/aromatic N) is 3. The van der Waals surface area contributed by atoms with Crippen LogP contribution in [0.1, 0.15) is 38.4 Å². The first-order valence-corrected chi connectivity index (χ1v) is 7.93. The van der Waals surface area contributed by atoms with E-state index in [0.29, 0.717) is 0 Å². The fourth-order valence-electron chi connectivity index (χ4n) is 2.45. The van der Waals surface area contributed by atoms with Gasteiger partial charge < -0.3 is 10.2 Å². The van der Waals surface area contributed by atoms with Crippen LogP contribution in [0.4, 0.5) is 5.13 Å². The Labute approximate surface area is 113 Å². The van der Waals surface area contributed by atoms with E-state index in [4.69, 9.17) is 0 Å². The lowest BCUT2D eigenvalue weighted by atomic mass is 10.1. The molecule has 1 aromatic heterocycles. The van der Waals surface area contributed by atoms with Crippen LogP contribution in [0.5, 0.6) is 0 Å². The topological polar surface area (TPSA) is 41.1 Å². The molecular weight excluding hydrogens is 244 g/mol.